The van der Waals surface area contributed by atoms with Crippen LogP contribution in [0.2, 0.25) is 5.02 Å². The number of halogens is 2. The number of likely N-dealkylation sites (tertiary alicyclic amines) is 1. The number of ether oxygens (including phenoxy) is 1. The highest BCUT2D eigenvalue weighted by Crippen LogP contribution is 2.31. The Balaban J connectivity index is 2.29. The van der Waals surface area contributed by atoms with Crippen LogP contribution in [0.25, 0.3) is 0 Å². The smallest absolute Gasteiger partial charge is 0.328 e. The van der Waals surface area contributed by atoms with Crippen molar-refractivity contribution in [2.24, 2.45) is 0 Å². The summed E-state index contributed by atoms with van der Waals surface area (Å²) in [5, 5.41) is 0.0261. The van der Waals surface area contributed by atoms with Crippen LogP contribution >= 0.6 is 11.6 Å². The Labute approximate surface area is 121 Å². The lowest BCUT2D eigenvalue weighted by Crippen LogP contribution is -2.40. The normalized spacial score (nSPS) is 20.1. The summed E-state index contributed by atoms with van der Waals surface area (Å²) in [6, 6.07) is 3.35. The van der Waals surface area contributed by atoms with Crippen molar-refractivity contribution in [3.8, 4) is 0 Å². The summed E-state index contributed by atoms with van der Waals surface area (Å²) >= 11 is 5.65. The maximum atomic E-state index is 13.5. The van der Waals surface area contributed by atoms with Crippen molar-refractivity contribution in [1.82, 2.24) is 4.90 Å². The van der Waals surface area contributed by atoms with Crippen molar-refractivity contribution in [3.63, 3.8) is 0 Å². The van der Waals surface area contributed by atoms with Crippen LogP contribution in [0.15, 0.2) is 18.2 Å². The lowest BCUT2D eigenvalue weighted by molar-refractivity contribution is -0.150. The molecule has 1 aliphatic rings. The van der Waals surface area contributed by atoms with Gasteiger partial charge in [0.15, 0.2) is 0 Å². The average molecular weight is 300 g/mol. The number of carbonyl (C=O) groups is 2. The SMILES string of the molecule is COC(=O)C1CCC(=O)N1C(C)c1ccc(Cl)c(F)c1. The van der Waals surface area contributed by atoms with E-state index in [1.54, 1.807) is 13.0 Å². The molecule has 4 nitrogen and oxygen atoms in total. The van der Waals surface area contributed by atoms with E-state index < -0.39 is 23.9 Å². The predicted molar refractivity (Wildman–Crippen MR) is 71.7 cm³/mol. The molecule has 0 radical (unpaired) electrons. The van der Waals surface area contributed by atoms with Crippen molar-refractivity contribution < 1.29 is 18.7 Å². The first kappa shape index (κ1) is 14.8. The molecule has 1 heterocycles. The van der Waals surface area contributed by atoms with Crippen LogP contribution in [0.5, 0.6) is 0 Å². The van der Waals surface area contributed by atoms with Crippen molar-refractivity contribution in [2.75, 3.05) is 7.11 Å². The first-order valence-corrected chi connectivity index (χ1v) is 6.67. The van der Waals surface area contributed by atoms with Crippen molar-refractivity contribution in [3.05, 3.63) is 34.6 Å². The number of methoxy groups -OCH3 is 1. The van der Waals surface area contributed by atoms with E-state index >= 15 is 0 Å². The molecule has 2 atom stereocenters. The highest BCUT2D eigenvalue weighted by molar-refractivity contribution is 6.30. The monoisotopic (exact) mass is 299 g/mol. The molecule has 20 heavy (non-hydrogen) atoms. The van der Waals surface area contributed by atoms with E-state index in [-0.39, 0.29) is 10.9 Å². The topological polar surface area (TPSA) is 46.6 Å². The Kier molecular flexibility index (Phi) is 4.28. The van der Waals surface area contributed by atoms with Gasteiger partial charge in [0.25, 0.3) is 0 Å². The molecule has 1 saturated heterocycles. The summed E-state index contributed by atoms with van der Waals surface area (Å²) < 4.78 is 18.2. The molecule has 1 amide bonds. The average Bonchev–Trinajstić information content (AvgIpc) is 2.82. The number of carbonyl (C=O) groups excluding carboxylic acids is 2. The summed E-state index contributed by atoms with van der Waals surface area (Å²) in [6.45, 7) is 1.75. The number of rotatable bonds is 3. The fraction of sp³-hybridized carbons (Fsp3) is 0.429. The van der Waals surface area contributed by atoms with Gasteiger partial charge in [-0.25, -0.2) is 9.18 Å². The molecule has 0 aromatic heterocycles. The second kappa shape index (κ2) is 5.79. The molecule has 6 heteroatoms. The van der Waals surface area contributed by atoms with E-state index in [1.165, 1.54) is 24.1 Å². The summed E-state index contributed by atoms with van der Waals surface area (Å²) in [7, 11) is 1.29. The molecule has 108 valence electrons. The van der Waals surface area contributed by atoms with Crippen LogP contribution in [0.3, 0.4) is 0 Å². The second-order valence-electron chi connectivity index (χ2n) is 4.73. The lowest BCUT2D eigenvalue weighted by Gasteiger charge is -2.29. The number of nitrogens with zero attached hydrogens (tertiary/aromatic N) is 1. The van der Waals surface area contributed by atoms with E-state index in [2.05, 4.69) is 0 Å². The molecule has 0 bridgehead atoms. The minimum atomic E-state index is -0.610. The third kappa shape index (κ3) is 2.63. The Morgan fingerprint density at radius 2 is 2.25 bits per heavy atom. The molecule has 1 fully saturated rings. The fourth-order valence-corrected chi connectivity index (χ4v) is 2.61. The number of hydrogen-bond acceptors (Lipinski definition) is 3. The summed E-state index contributed by atoms with van der Waals surface area (Å²) in [5.41, 5.74) is 0.594. The van der Waals surface area contributed by atoms with Crippen LogP contribution in [-0.4, -0.2) is 29.9 Å². The maximum absolute atomic E-state index is 13.5. The number of esters is 1. The minimum Gasteiger partial charge on any atom is -0.467 e. The van der Waals surface area contributed by atoms with Gasteiger partial charge in [-0.15, -0.1) is 0 Å². The molecule has 0 saturated carbocycles. The summed E-state index contributed by atoms with van der Waals surface area (Å²) in [6.07, 6.45) is 0.714. The molecular weight excluding hydrogens is 285 g/mol. The predicted octanol–water partition coefficient (Wildman–Crippen LogP) is 2.70. The third-order valence-corrected chi connectivity index (χ3v) is 3.88. The van der Waals surface area contributed by atoms with E-state index in [0.717, 1.165) is 0 Å². The van der Waals surface area contributed by atoms with Crippen molar-refractivity contribution in [1.29, 1.82) is 0 Å². The van der Waals surface area contributed by atoms with Gasteiger partial charge in [0, 0.05) is 6.42 Å². The van der Waals surface area contributed by atoms with Gasteiger partial charge in [0.05, 0.1) is 18.2 Å². The third-order valence-electron chi connectivity index (χ3n) is 3.57. The van der Waals surface area contributed by atoms with E-state index in [0.29, 0.717) is 18.4 Å². The first-order valence-electron chi connectivity index (χ1n) is 6.29. The Morgan fingerprint density at radius 3 is 2.85 bits per heavy atom. The zero-order valence-electron chi connectivity index (χ0n) is 11.2. The van der Waals surface area contributed by atoms with Gasteiger partial charge in [0.2, 0.25) is 5.91 Å². The van der Waals surface area contributed by atoms with Crippen molar-refractivity contribution in [2.45, 2.75) is 31.8 Å². The molecular formula is C14H15ClFNO3. The molecule has 0 aliphatic carbocycles. The summed E-state index contributed by atoms with van der Waals surface area (Å²) in [4.78, 5) is 25.1. The van der Waals surface area contributed by atoms with Crippen LogP contribution in [0.1, 0.15) is 31.4 Å². The van der Waals surface area contributed by atoms with E-state index in [9.17, 15) is 14.0 Å². The first-order chi connectivity index (χ1) is 9.45. The van der Waals surface area contributed by atoms with Gasteiger partial charge in [-0.2, -0.15) is 0 Å². The van der Waals surface area contributed by atoms with Crippen LogP contribution in [0, 0.1) is 5.82 Å². The fourth-order valence-electron chi connectivity index (χ4n) is 2.49. The second-order valence-corrected chi connectivity index (χ2v) is 5.14. The largest absolute Gasteiger partial charge is 0.467 e. The standard InChI is InChI=1S/C14H15ClFNO3/c1-8(9-3-4-10(15)11(16)7-9)17-12(14(19)20-2)5-6-13(17)18/h3-4,7-8,12H,5-6H2,1-2H3. The number of amides is 1. The number of hydrogen-bond donors (Lipinski definition) is 0. The van der Waals surface area contributed by atoms with Crippen LogP contribution in [0.4, 0.5) is 4.39 Å². The zero-order valence-corrected chi connectivity index (χ0v) is 12.0. The van der Waals surface area contributed by atoms with Gasteiger partial charge < -0.3 is 9.64 Å². The van der Waals surface area contributed by atoms with E-state index in [1.807, 2.05) is 0 Å². The maximum Gasteiger partial charge on any atom is 0.328 e. The molecule has 0 N–H and O–H groups in total. The zero-order chi connectivity index (χ0) is 14.9. The highest BCUT2D eigenvalue weighted by Gasteiger charge is 2.40. The van der Waals surface area contributed by atoms with Gasteiger partial charge in [-0.3, -0.25) is 4.79 Å². The van der Waals surface area contributed by atoms with E-state index in [4.69, 9.17) is 16.3 Å². The molecule has 1 aliphatic heterocycles. The quantitative estimate of drug-likeness (QED) is 0.806. The Morgan fingerprint density at radius 1 is 1.55 bits per heavy atom. The van der Waals surface area contributed by atoms with Crippen molar-refractivity contribution >= 4 is 23.5 Å². The molecule has 1 aromatic carbocycles. The number of benzene rings is 1. The molecule has 1 aromatic rings. The van der Waals surface area contributed by atoms with Crippen LogP contribution in [-0.2, 0) is 14.3 Å². The van der Waals surface area contributed by atoms with Gasteiger partial charge in [-0.05, 0) is 31.0 Å². The van der Waals surface area contributed by atoms with Crippen LogP contribution < -0.4 is 0 Å². The molecule has 2 rings (SSSR count). The molecule has 0 spiro atoms. The van der Waals surface area contributed by atoms with Gasteiger partial charge in [0.1, 0.15) is 11.9 Å². The Bertz CT molecular complexity index is 549. The van der Waals surface area contributed by atoms with Gasteiger partial charge >= 0.3 is 5.97 Å². The Hall–Kier alpha value is -1.62. The van der Waals surface area contributed by atoms with Gasteiger partial charge in [-0.1, -0.05) is 17.7 Å². The lowest BCUT2D eigenvalue weighted by atomic mass is 10.1. The highest BCUT2D eigenvalue weighted by atomic mass is 35.5. The molecule has 2 unspecified atom stereocenters. The summed E-state index contributed by atoms with van der Waals surface area (Å²) in [5.74, 6) is -1.13. The minimum absolute atomic E-state index is 0.0261.